The molecule has 14 heavy (non-hydrogen) atoms. The predicted molar refractivity (Wildman–Crippen MR) is 61.2 cm³/mol. The second-order valence-electron chi connectivity index (χ2n) is 5.50. The predicted octanol–water partition coefficient (Wildman–Crippen LogP) is 3.06. The average molecular weight is 195 g/mol. The van der Waals surface area contributed by atoms with E-state index in [4.69, 9.17) is 0 Å². The third-order valence-electron chi connectivity index (χ3n) is 4.83. The molecule has 2 rings (SSSR count). The Bertz CT molecular complexity index is 201. The van der Waals surface area contributed by atoms with Gasteiger partial charge in [-0.2, -0.15) is 0 Å². The summed E-state index contributed by atoms with van der Waals surface area (Å²) in [6, 6.07) is 1.58. The van der Waals surface area contributed by atoms with Gasteiger partial charge in [-0.05, 0) is 37.0 Å². The standard InChI is InChI=1S/C13H25N/c1-5-8(3)9(4)14-12-7-11-10(6-2)13(11)12/h8-14H,5-7H2,1-4H3. The lowest BCUT2D eigenvalue weighted by Crippen LogP contribution is -2.45. The lowest BCUT2D eigenvalue weighted by atomic mass is 9.90. The van der Waals surface area contributed by atoms with Crippen molar-refractivity contribution in [2.75, 3.05) is 0 Å². The van der Waals surface area contributed by atoms with E-state index in [2.05, 4.69) is 33.0 Å². The number of hydrogen-bond acceptors (Lipinski definition) is 1. The van der Waals surface area contributed by atoms with Gasteiger partial charge in [0.05, 0.1) is 0 Å². The van der Waals surface area contributed by atoms with E-state index in [1.807, 2.05) is 0 Å². The van der Waals surface area contributed by atoms with Crippen LogP contribution in [0.2, 0.25) is 0 Å². The van der Waals surface area contributed by atoms with Crippen LogP contribution in [0.1, 0.15) is 47.0 Å². The van der Waals surface area contributed by atoms with Crippen LogP contribution < -0.4 is 5.32 Å². The molecule has 6 unspecified atom stereocenters. The van der Waals surface area contributed by atoms with Crippen molar-refractivity contribution >= 4 is 0 Å². The zero-order chi connectivity index (χ0) is 10.3. The second-order valence-corrected chi connectivity index (χ2v) is 5.50. The molecule has 0 heterocycles. The summed E-state index contributed by atoms with van der Waals surface area (Å²) >= 11 is 0. The Morgan fingerprint density at radius 2 is 2.00 bits per heavy atom. The van der Waals surface area contributed by atoms with Gasteiger partial charge in [-0.25, -0.2) is 0 Å². The molecule has 1 nitrogen and oxygen atoms in total. The molecular formula is C13H25N. The summed E-state index contributed by atoms with van der Waals surface area (Å²) in [4.78, 5) is 0. The van der Waals surface area contributed by atoms with Gasteiger partial charge in [0.15, 0.2) is 0 Å². The Kier molecular flexibility index (Phi) is 2.88. The molecule has 2 aliphatic carbocycles. The summed E-state index contributed by atoms with van der Waals surface area (Å²) in [7, 11) is 0. The fraction of sp³-hybridized carbons (Fsp3) is 1.00. The summed E-state index contributed by atoms with van der Waals surface area (Å²) in [6.45, 7) is 9.35. The van der Waals surface area contributed by atoms with Crippen molar-refractivity contribution in [2.45, 2.75) is 59.0 Å². The molecule has 2 saturated carbocycles. The van der Waals surface area contributed by atoms with E-state index in [0.29, 0.717) is 6.04 Å². The van der Waals surface area contributed by atoms with Crippen LogP contribution in [0.4, 0.5) is 0 Å². The maximum absolute atomic E-state index is 3.82. The SMILES string of the molecule is CCC(C)C(C)NC1CC2C(CC)C12. The van der Waals surface area contributed by atoms with Gasteiger partial charge in [-0.1, -0.05) is 33.6 Å². The molecule has 2 fully saturated rings. The van der Waals surface area contributed by atoms with Crippen molar-refractivity contribution in [1.82, 2.24) is 5.32 Å². The number of nitrogens with one attached hydrogen (secondary N) is 1. The van der Waals surface area contributed by atoms with Gasteiger partial charge < -0.3 is 5.32 Å². The van der Waals surface area contributed by atoms with Crippen molar-refractivity contribution in [3.63, 3.8) is 0 Å². The van der Waals surface area contributed by atoms with E-state index in [-0.39, 0.29) is 0 Å². The van der Waals surface area contributed by atoms with Gasteiger partial charge >= 0.3 is 0 Å². The molecule has 0 bridgehead atoms. The Balaban J connectivity index is 1.73. The van der Waals surface area contributed by atoms with E-state index in [1.54, 1.807) is 0 Å². The first-order valence-electron chi connectivity index (χ1n) is 6.45. The van der Waals surface area contributed by atoms with Crippen molar-refractivity contribution in [1.29, 1.82) is 0 Å². The molecule has 0 aromatic heterocycles. The first-order valence-corrected chi connectivity index (χ1v) is 6.45. The van der Waals surface area contributed by atoms with Gasteiger partial charge in [0.1, 0.15) is 0 Å². The van der Waals surface area contributed by atoms with Crippen molar-refractivity contribution in [2.24, 2.45) is 23.7 Å². The highest BCUT2D eigenvalue weighted by Crippen LogP contribution is 2.62. The van der Waals surface area contributed by atoms with Gasteiger partial charge in [0, 0.05) is 12.1 Å². The molecule has 82 valence electrons. The van der Waals surface area contributed by atoms with Gasteiger partial charge in [0.2, 0.25) is 0 Å². The second kappa shape index (κ2) is 3.84. The molecule has 0 radical (unpaired) electrons. The Labute approximate surface area is 88.7 Å². The third-order valence-corrected chi connectivity index (χ3v) is 4.83. The Morgan fingerprint density at radius 3 is 2.50 bits per heavy atom. The molecule has 2 aliphatic rings. The van der Waals surface area contributed by atoms with Crippen LogP contribution >= 0.6 is 0 Å². The van der Waals surface area contributed by atoms with Gasteiger partial charge in [0.25, 0.3) is 0 Å². The van der Waals surface area contributed by atoms with Crippen LogP contribution in [0.25, 0.3) is 0 Å². The molecule has 1 N–H and O–H groups in total. The molecule has 0 spiro atoms. The lowest BCUT2D eigenvalue weighted by molar-refractivity contribution is 0.255. The topological polar surface area (TPSA) is 12.0 Å². The molecule has 0 aromatic rings. The molecule has 0 aliphatic heterocycles. The molecular weight excluding hydrogens is 170 g/mol. The minimum Gasteiger partial charge on any atom is -0.311 e. The van der Waals surface area contributed by atoms with Crippen LogP contribution in [-0.2, 0) is 0 Å². The normalized spacial score (nSPS) is 43.7. The number of fused-ring (bicyclic) bond motifs is 1. The largest absolute Gasteiger partial charge is 0.311 e. The zero-order valence-electron chi connectivity index (χ0n) is 10.1. The fourth-order valence-electron chi connectivity index (χ4n) is 3.27. The van der Waals surface area contributed by atoms with E-state index in [1.165, 1.54) is 19.3 Å². The molecule has 0 amide bonds. The van der Waals surface area contributed by atoms with Crippen molar-refractivity contribution < 1.29 is 0 Å². The maximum atomic E-state index is 3.82. The van der Waals surface area contributed by atoms with E-state index >= 15 is 0 Å². The minimum absolute atomic E-state index is 0.712. The van der Waals surface area contributed by atoms with Crippen molar-refractivity contribution in [3.05, 3.63) is 0 Å². The highest BCUT2D eigenvalue weighted by Gasteiger charge is 2.61. The molecule has 0 aromatic carbocycles. The monoisotopic (exact) mass is 195 g/mol. The third kappa shape index (κ3) is 1.60. The average Bonchev–Trinajstić information content (AvgIpc) is 2.77. The summed E-state index contributed by atoms with van der Waals surface area (Å²) < 4.78 is 0. The summed E-state index contributed by atoms with van der Waals surface area (Å²) in [5, 5.41) is 3.82. The van der Waals surface area contributed by atoms with Crippen molar-refractivity contribution in [3.8, 4) is 0 Å². The van der Waals surface area contributed by atoms with E-state index in [0.717, 1.165) is 29.7 Å². The Hall–Kier alpha value is -0.0400. The first-order chi connectivity index (χ1) is 6.69. The van der Waals surface area contributed by atoms with Crippen LogP contribution in [-0.4, -0.2) is 12.1 Å². The summed E-state index contributed by atoms with van der Waals surface area (Å²) in [5.74, 6) is 4.08. The van der Waals surface area contributed by atoms with Crippen LogP contribution in [0.15, 0.2) is 0 Å². The van der Waals surface area contributed by atoms with Gasteiger partial charge in [-0.15, -0.1) is 0 Å². The number of rotatable bonds is 5. The van der Waals surface area contributed by atoms with Crippen LogP contribution in [0.3, 0.4) is 0 Å². The van der Waals surface area contributed by atoms with Crippen LogP contribution in [0, 0.1) is 23.7 Å². The summed E-state index contributed by atoms with van der Waals surface area (Å²) in [6.07, 6.45) is 4.17. The minimum atomic E-state index is 0.712. The first kappa shape index (κ1) is 10.5. The molecule has 1 heteroatoms. The van der Waals surface area contributed by atoms with Crippen LogP contribution in [0.5, 0.6) is 0 Å². The lowest BCUT2D eigenvalue weighted by Gasteiger charge is -2.32. The highest BCUT2D eigenvalue weighted by molar-refractivity contribution is 5.13. The smallest absolute Gasteiger partial charge is 0.0106 e. The Morgan fingerprint density at radius 1 is 1.29 bits per heavy atom. The highest BCUT2D eigenvalue weighted by atomic mass is 15.0. The molecule has 0 saturated heterocycles. The summed E-state index contributed by atoms with van der Waals surface area (Å²) in [5.41, 5.74) is 0. The quantitative estimate of drug-likeness (QED) is 0.711. The maximum Gasteiger partial charge on any atom is 0.0106 e. The van der Waals surface area contributed by atoms with Gasteiger partial charge in [-0.3, -0.25) is 0 Å². The molecule has 6 atom stereocenters. The van der Waals surface area contributed by atoms with E-state index in [9.17, 15) is 0 Å². The number of hydrogen-bond donors (Lipinski definition) is 1. The zero-order valence-corrected chi connectivity index (χ0v) is 10.1. The fourth-order valence-corrected chi connectivity index (χ4v) is 3.27. The van der Waals surface area contributed by atoms with E-state index < -0.39 is 0 Å².